The second kappa shape index (κ2) is 5.61. The molecular formula is C10H19NO2S. The molecule has 3 unspecified atom stereocenters. The van der Waals surface area contributed by atoms with Crippen molar-refractivity contribution in [1.29, 1.82) is 0 Å². The molecule has 0 amide bonds. The summed E-state index contributed by atoms with van der Waals surface area (Å²) in [6.45, 7) is 4.64. The molecule has 0 aromatic heterocycles. The third kappa shape index (κ3) is 3.50. The van der Waals surface area contributed by atoms with Crippen molar-refractivity contribution in [3.63, 3.8) is 0 Å². The van der Waals surface area contributed by atoms with Crippen LogP contribution in [0.15, 0.2) is 0 Å². The SMILES string of the molecule is CC(NCC1CCCS1)C(C)C(=O)O. The van der Waals surface area contributed by atoms with E-state index in [0.29, 0.717) is 5.25 Å². The summed E-state index contributed by atoms with van der Waals surface area (Å²) in [4.78, 5) is 10.7. The van der Waals surface area contributed by atoms with Gasteiger partial charge in [0.05, 0.1) is 5.92 Å². The Balaban J connectivity index is 2.19. The number of nitrogens with one attached hydrogen (secondary N) is 1. The zero-order valence-corrected chi connectivity index (χ0v) is 9.64. The molecule has 3 atom stereocenters. The summed E-state index contributed by atoms with van der Waals surface area (Å²) in [5, 5.41) is 12.8. The summed E-state index contributed by atoms with van der Waals surface area (Å²) >= 11 is 1.99. The Morgan fingerprint density at radius 3 is 2.86 bits per heavy atom. The van der Waals surface area contributed by atoms with Crippen molar-refractivity contribution in [3.8, 4) is 0 Å². The molecule has 0 aromatic rings. The number of thioether (sulfide) groups is 1. The van der Waals surface area contributed by atoms with Gasteiger partial charge in [-0.25, -0.2) is 0 Å². The number of carbonyl (C=O) groups is 1. The summed E-state index contributed by atoms with van der Waals surface area (Å²) in [5.41, 5.74) is 0. The summed E-state index contributed by atoms with van der Waals surface area (Å²) in [7, 11) is 0. The fourth-order valence-electron chi connectivity index (χ4n) is 1.51. The van der Waals surface area contributed by atoms with E-state index in [9.17, 15) is 4.79 Å². The average molecular weight is 217 g/mol. The van der Waals surface area contributed by atoms with Crippen LogP contribution in [0.1, 0.15) is 26.7 Å². The summed E-state index contributed by atoms with van der Waals surface area (Å²) in [5.74, 6) is 0.236. The third-order valence-electron chi connectivity index (χ3n) is 2.83. The van der Waals surface area contributed by atoms with Gasteiger partial charge in [0.25, 0.3) is 0 Å². The number of hydrogen-bond acceptors (Lipinski definition) is 3. The number of carboxylic acids is 1. The van der Waals surface area contributed by atoms with Crippen LogP contribution in [-0.2, 0) is 4.79 Å². The third-order valence-corrected chi connectivity index (χ3v) is 4.23. The predicted molar refractivity (Wildman–Crippen MR) is 59.7 cm³/mol. The molecule has 82 valence electrons. The van der Waals surface area contributed by atoms with Crippen molar-refractivity contribution >= 4 is 17.7 Å². The first-order valence-corrected chi connectivity index (χ1v) is 6.24. The van der Waals surface area contributed by atoms with Crippen molar-refractivity contribution in [3.05, 3.63) is 0 Å². The maximum absolute atomic E-state index is 10.7. The summed E-state index contributed by atoms with van der Waals surface area (Å²) in [6, 6.07) is 0.0636. The molecular weight excluding hydrogens is 198 g/mol. The van der Waals surface area contributed by atoms with E-state index in [4.69, 9.17) is 5.11 Å². The van der Waals surface area contributed by atoms with Crippen molar-refractivity contribution in [2.75, 3.05) is 12.3 Å². The number of rotatable bonds is 5. The van der Waals surface area contributed by atoms with E-state index >= 15 is 0 Å². The van der Waals surface area contributed by atoms with Gasteiger partial charge < -0.3 is 10.4 Å². The highest BCUT2D eigenvalue weighted by Crippen LogP contribution is 2.25. The lowest BCUT2D eigenvalue weighted by atomic mass is 10.0. The van der Waals surface area contributed by atoms with E-state index in [1.807, 2.05) is 18.7 Å². The van der Waals surface area contributed by atoms with Crippen LogP contribution in [0.4, 0.5) is 0 Å². The molecule has 0 saturated carbocycles. The van der Waals surface area contributed by atoms with E-state index in [0.717, 1.165) is 6.54 Å². The van der Waals surface area contributed by atoms with E-state index in [1.54, 1.807) is 6.92 Å². The second-order valence-electron chi connectivity index (χ2n) is 3.96. The van der Waals surface area contributed by atoms with Gasteiger partial charge in [0.1, 0.15) is 0 Å². The fraction of sp³-hybridized carbons (Fsp3) is 0.900. The zero-order chi connectivity index (χ0) is 10.6. The van der Waals surface area contributed by atoms with Crippen LogP contribution >= 0.6 is 11.8 Å². The van der Waals surface area contributed by atoms with Gasteiger partial charge in [0, 0.05) is 17.8 Å². The van der Waals surface area contributed by atoms with Gasteiger partial charge in [0.15, 0.2) is 0 Å². The minimum Gasteiger partial charge on any atom is -0.481 e. The molecule has 3 nitrogen and oxygen atoms in total. The monoisotopic (exact) mass is 217 g/mol. The quantitative estimate of drug-likeness (QED) is 0.734. The van der Waals surface area contributed by atoms with Gasteiger partial charge in [-0.2, -0.15) is 11.8 Å². The van der Waals surface area contributed by atoms with Crippen LogP contribution in [-0.4, -0.2) is 34.7 Å². The van der Waals surface area contributed by atoms with E-state index in [2.05, 4.69) is 5.32 Å². The molecule has 1 saturated heterocycles. The van der Waals surface area contributed by atoms with E-state index < -0.39 is 5.97 Å². The van der Waals surface area contributed by atoms with Crippen molar-refractivity contribution in [2.24, 2.45) is 5.92 Å². The molecule has 14 heavy (non-hydrogen) atoms. The Kier molecular flexibility index (Phi) is 4.75. The molecule has 1 aliphatic rings. The summed E-state index contributed by atoms with van der Waals surface area (Å²) in [6.07, 6.45) is 2.58. The van der Waals surface area contributed by atoms with Crippen LogP contribution in [0.3, 0.4) is 0 Å². The van der Waals surface area contributed by atoms with Gasteiger partial charge in [-0.05, 0) is 25.5 Å². The Morgan fingerprint density at radius 2 is 2.36 bits per heavy atom. The fourth-order valence-corrected chi connectivity index (χ4v) is 2.73. The topological polar surface area (TPSA) is 49.3 Å². The zero-order valence-electron chi connectivity index (χ0n) is 8.82. The number of hydrogen-bond donors (Lipinski definition) is 2. The molecule has 1 aliphatic heterocycles. The maximum Gasteiger partial charge on any atom is 0.307 e. The van der Waals surface area contributed by atoms with Crippen molar-refractivity contribution in [1.82, 2.24) is 5.32 Å². The molecule has 1 rings (SSSR count). The van der Waals surface area contributed by atoms with Crippen molar-refractivity contribution < 1.29 is 9.90 Å². The molecule has 4 heteroatoms. The Labute approximate surface area is 89.6 Å². The number of carboxylic acid groups (broad SMARTS) is 1. The Hall–Kier alpha value is -0.220. The highest BCUT2D eigenvalue weighted by Gasteiger charge is 2.21. The Morgan fingerprint density at radius 1 is 1.64 bits per heavy atom. The minimum atomic E-state index is -0.718. The molecule has 0 aliphatic carbocycles. The highest BCUT2D eigenvalue weighted by molar-refractivity contribution is 8.00. The summed E-state index contributed by atoms with van der Waals surface area (Å²) < 4.78 is 0. The predicted octanol–water partition coefficient (Wildman–Crippen LogP) is 1.58. The normalized spacial score (nSPS) is 26.0. The first-order valence-electron chi connectivity index (χ1n) is 5.19. The molecule has 0 bridgehead atoms. The van der Waals surface area contributed by atoms with Gasteiger partial charge in [-0.3, -0.25) is 4.79 Å². The Bertz CT molecular complexity index is 193. The van der Waals surface area contributed by atoms with Crippen LogP contribution in [0, 0.1) is 5.92 Å². The first-order chi connectivity index (χ1) is 6.61. The van der Waals surface area contributed by atoms with Gasteiger partial charge in [-0.1, -0.05) is 6.92 Å². The molecule has 1 fully saturated rings. The van der Waals surface area contributed by atoms with Crippen LogP contribution in [0.2, 0.25) is 0 Å². The van der Waals surface area contributed by atoms with Crippen molar-refractivity contribution in [2.45, 2.75) is 38.0 Å². The molecule has 0 aromatic carbocycles. The maximum atomic E-state index is 10.7. The average Bonchev–Trinajstić information content (AvgIpc) is 2.65. The van der Waals surface area contributed by atoms with Crippen LogP contribution in [0.5, 0.6) is 0 Å². The van der Waals surface area contributed by atoms with E-state index in [-0.39, 0.29) is 12.0 Å². The smallest absolute Gasteiger partial charge is 0.307 e. The second-order valence-corrected chi connectivity index (χ2v) is 5.37. The minimum absolute atomic E-state index is 0.0636. The molecule has 0 spiro atoms. The van der Waals surface area contributed by atoms with Gasteiger partial charge >= 0.3 is 5.97 Å². The molecule has 2 N–H and O–H groups in total. The highest BCUT2D eigenvalue weighted by atomic mass is 32.2. The standard InChI is InChI=1S/C10H19NO2S/c1-7(10(12)13)8(2)11-6-9-4-3-5-14-9/h7-9,11H,3-6H2,1-2H3,(H,12,13). The lowest BCUT2D eigenvalue weighted by Gasteiger charge is -2.19. The van der Waals surface area contributed by atoms with E-state index in [1.165, 1.54) is 18.6 Å². The van der Waals surface area contributed by atoms with Crippen LogP contribution < -0.4 is 5.32 Å². The molecule has 1 heterocycles. The first kappa shape index (κ1) is 11.9. The van der Waals surface area contributed by atoms with Gasteiger partial charge in [-0.15, -0.1) is 0 Å². The lowest BCUT2D eigenvalue weighted by Crippen LogP contribution is -2.39. The van der Waals surface area contributed by atoms with Crippen LogP contribution in [0.25, 0.3) is 0 Å². The molecule has 0 radical (unpaired) electrons. The number of aliphatic carboxylic acids is 1. The largest absolute Gasteiger partial charge is 0.481 e. The van der Waals surface area contributed by atoms with Gasteiger partial charge in [0.2, 0.25) is 0 Å². The lowest BCUT2D eigenvalue weighted by molar-refractivity contribution is -0.141.